The number of nitrogens with one attached hydrogen (secondary N) is 1. The predicted octanol–water partition coefficient (Wildman–Crippen LogP) is 3.54. The highest BCUT2D eigenvalue weighted by Crippen LogP contribution is 2.47. The molecular formula is C19H21NO. The van der Waals surface area contributed by atoms with Crippen molar-refractivity contribution in [3.63, 3.8) is 0 Å². The maximum Gasteiger partial charge on any atom is 0.223 e. The number of carbonyl (C=O) groups excluding carboxylic acids is 1. The quantitative estimate of drug-likeness (QED) is 0.805. The van der Waals surface area contributed by atoms with Crippen LogP contribution in [0.4, 0.5) is 0 Å². The standard InChI is InChI=1S/C19H21NO/c21-19(18-14-17(18)16-11-5-2-6-12-16)20-13-7-10-15-8-3-1-4-9-15/h1-6,8-9,11-12,17-18H,7,10,13-14H2,(H,20,21)/t17-,18+/m1/s1. The molecule has 2 aromatic rings. The van der Waals surface area contributed by atoms with Crippen LogP contribution < -0.4 is 5.32 Å². The molecule has 0 heterocycles. The Balaban J connectivity index is 1.38. The number of hydrogen-bond acceptors (Lipinski definition) is 1. The summed E-state index contributed by atoms with van der Waals surface area (Å²) in [6, 6.07) is 20.8. The van der Waals surface area contributed by atoms with E-state index in [2.05, 4.69) is 41.7 Å². The van der Waals surface area contributed by atoms with Gasteiger partial charge in [0.15, 0.2) is 0 Å². The van der Waals surface area contributed by atoms with E-state index in [-0.39, 0.29) is 11.8 Å². The molecule has 0 unspecified atom stereocenters. The van der Waals surface area contributed by atoms with Crippen molar-refractivity contribution in [2.24, 2.45) is 5.92 Å². The zero-order chi connectivity index (χ0) is 14.5. The topological polar surface area (TPSA) is 29.1 Å². The number of carbonyl (C=O) groups is 1. The molecule has 1 fully saturated rings. The smallest absolute Gasteiger partial charge is 0.223 e. The normalized spacial score (nSPS) is 20.0. The summed E-state index contributed by atoms with van der Waals surface area (Å²) in [5.74, 6) is 0.835. The molecule has 2 heteroatoms. The van der Waals surface area contributed by atoms with E-state index in [1.165, 1.54) is 11.1 Å². The molecule has 0 spiro atoms. The molecule has 2 aromatic carbocycles. The Labute approximate surface area is 126 Å². The van der Waals surface area contributed by atoms with E-state index in [4.69, 9.17) is 0 Å². The maximum atomic E-state index is 12.1. The molecule has 0 aliphatic heterocycles. The summed E-state index contributed by atoms with van der Waals surface area (Å²) < 4.78 is 0. The number of aryl methyl sites for hydroxylation is 1. The minimum atomic E-state index is 0.184. The molecule has 108 valence electrons. The second-order valence-electron chi connectivity index (χ2n) is 5.74. The average molecular weight is 279 g/mol. The first kappa shape index (κ1) is 13.9. The molecule has 21 heavy (non-hydrogen) atoms. The molecule has 0 radical (unpaired) electrons. The Morgan fingerprint density at radius 2 is 1.67 bits per heavy atom. The average Bonchev–Trinajstić information content (AvgIpc) is 3.34. The molecule has 2 nitrogen and oxygen atoms in total. The Morgan fingerprint density at radius 1 is 1.00 bits per heavy atom. The first-order chi connectivity index (χ1) is 10.3. The molecule has 3 rings (SSSR count). The van der Waals surface area contributed by atoms with Crippen molar-refractivity contribution >= 4 is 5.91 Å². The third-order valence-electron chi connectivity index (χ3n) is 4.14. The predicted molar refractivity (Wildman–Crippen MR) is 85.1 cm³/mol. The van der Waals surface area contributed by atoms with E-state index in [0.29, 0.717) is 5.92 Å². The van der Waals surface area contributed by atoms with Crippen molar-refractivity contribution in [1.29, 1.82) is 0 Å². The summed E-state index contributed by atoms with van der Waals surface area (Å²) in [6.45, 7) is 0.770. The lowest BCUT2D eigenvalue weighted by Gasteiger charge is -2.05. The van der Waals surface area contributed by atoms with Crippen LogP contribution in [0.25, 0.3) is 0 Å². The van der Waals surface area contributed by atoms with E-state index >= 15 is 0 Å². The van der Waals surface area contributed by atoms with Crippen molar-refractivity contribution < 1.29 is 4.79 Å². The maximum absolute atomic E-state index is 12.1. The fourth-order valence-electron chi connectivity index (χ4n) is 2.83. The summed E-state index contributed by atoms with van der Waals surface area (Å²) in [5, 5.41) is 3.08. The summed E-state index contributed by atoms with van der Waals surface area (Å²) >= 11 is 0. The third-order valence-corrected chi connectivity index (χ3v) is 4.14. The van der Waals surface area contributed by atoms with Crippen LogP contribution in [0.5, 0.6) is 0 Å². The van der Waals surface area contributed by atoms with Crippen LogP contribution in [-0.2, 0) is 11.2 Å². The highest BCUT2D eigenvalue weighted by Gasteiger charge is 2.43. The monoisotopic (exact) mass is 279 g/mol. The van der Waals surface area contributed by atoms with Gasteiger partial charge in [-0.2, -0.15) is 0 Å². The fourth-order valence-corrected chi connectivity index (χ4v) is 2.83. The number of amides is 1. The molecule has 0 saturated heterocycles. The van der Waals surface area contributed by atoms with Crippen LogP contribution in [0.2, 0.25) is 0 Å². The molecule has 1 aliphatic rings. The zero-order valence-electron chi connectivity index (χ0n) is 12.2. The number of benzene rings is 2. The van der Waals surface area contributed by atoms with Crippen molar-refractivity contribution in [1.82, 2.24) is 5.32 Å². The second-order valence-corrected chi connectivity index (χ2v) is 5.74. The Morgan fingerprint density at radius 3 is 2.38 bits per heavy atom. The van der Waals surface area contributed by atoms with Gasteiger partial charge >= 0.3 is 0 Å². The minimum absolute atomic E-state index is 0.184. The van der Waals surface area contributed by atoms with Gasteiger partial charge in [-0.25, -0.2) is 0 Å². The SMILES string of the molecule is O=C(NCCCc1ccccc1)[C@H]1C[C@@H]1c1ccccc1. The minimum Gasteiger partial charge on any atom is -0.356 e. The van der Waals surface area contributed by atoms with Gasteiger partial charge in [0.25, 0.3) is 0 Å². The lowest BCUT2D eigenvalue weighted by atomic mass is 10.1. The van der Waals surface area contributed by atoms with Crippen LogP contribution >= 0.6 is 0 Å². The van der Waals surface area contributed by atoms with Gasteiger partial charge in [-0.3, -0.25) is 4.79 Å². The van der Waals surface area contributed by atoms with Gasteiger partial charge < -0.3 is 5.32 Å². The molecule has 0 aromatic heterocycles. The van der Waals surface area contributed by atoms with E-state index in [1.807, 2.05) is 24.3 Å². The lowest BCUT2D eigenvalue weighted by molar-refractivity contribution is -0.122. The summed E-state index contributed by atoms with van der Waals surface area (Å²) in [7, 11) is 0. The number of rotatable bonds is 6. The first-order valence-electron chi connectivity index (χ1n) is 7.71. The molecule has 1 amide bonds. The Bertz CT molecular complexity index is 579. The molecule has 1 aliphatic carbocycles. The second kappa shape index (κ2) is 6.57. The van der Waals surface area contributed by atoms with Gasteiger partial charge in [-0.05, 0) is 36.3 Å². The molecular weight excluding hydrogens is 258 g/mol. The molecule has 1 saturated carbocycles. The van der Waals surface area contributed by atoms with E-state index in [1.54, 1.807) is 0 Å². The van der Waals surface area contributed by atoms with Crippen LogP contribution in [0.15, 0.2) is 60.7 Å². The van der Waals surface area contributed by atoms with Gasteiger partial charge in [-0.1, -0.05) is 60.7 Å². The van der Waals surface area contributed by atoms with Crippen LogP contribution in [0.1, 0.15) is 29.9 Å². The van der Waals surface area contributed by atoms with Crippen LogP contribution in [-0.4, -0.2) is 12.5 Å². The summed E-state index contributed by atoms with van der Waals surface area (Å²) in [6.07, 6.45) is 3.01. The Kier molecular flexibility index (Phi) is 4.34. The largest absolute Gasteiger partial charge is 0.356 e. The van der Waals surface area contributed by atoms with Crippen LogP contribution in [0.3, 0.4) is 0 Å². The van der Waals surface area contributed by atoms with Gasteiger partial charge in [0.2, 0.25) is 5.91 Å². The molecule has 2 atom stereocenters. The molecule has 0 bridgehead atoms. The highest BCUT2D eigenvalue weighted by atomic mass is 16.2. The van der Waals surface area contributed by atoms with Crippen LogP contribution in [0, 0.1) is 5.92 Å². The number of hydrogen-bond donors (Lipinski definition) is 1. The lowest BCUT2D eigenvalue weighted by Crippen LogP contribution is -2.26. The fraction of sp³-hybridized carbons (Fsp3) is 0.316. The summed E-state index contributed by atoms with van der Waals surface area (Å²) in [5.41, 5.74) is 2.63. The highest BCUT2D eigenvalue weighted by molar-refractivity contribution is 5.82. The van der Waals surface area contributed by atoms with Crippen molar-refractivity contribution in [3.05, 3.63) is 71.8 Å². The van der Waals surface area contributed by atoms with Crippen molar-refractivity contribution in [2.45, 2.75) is 25.2 Å². The van der Waals surface area contributed by atoms with Crippen molar-refractivity contribution in [2.75, 3.05) is 6.54 Å². The third kappa shape index (κ3) is 3.72. The zero-order valence-corrected chi connectivity index (χ0v) is 12.2. The van der Waals surface area contributed by atoms with Gasteiger partial charge in [0.1, 0.15) is 0 Å². The van der Waals surface area contributed by atoms with E-state index in [0.717, 1.165) is 25.8 Å². The summed E-state index contributed by atoms with van der Waals surface area (Å²) in [4.78, 5) is 12.1. The van der Waals surface area contributed by atoms with Crippen molar-refractivity contribution in [3.8, 4) is 0 Å². The van der Waals surface area contributed by atoms with Gasteiger partial charge in [0.05, 0.1) is 0 Å². The first-order valence-corrected chi connectivity index (χ1v) is 7.71. The van der Waals surface area contributed by atoms with E-state index < -0.39 is 0 Å². The van der Waals surface area contributed by atoms with Gasteiger partial charge in [-0.15, -0.1) is 0 Å². The Hall–Kier alpha value is -2.09. The molecule has 1 N–H and O–H groups in total. The van der Waals surface area contributed by atoms with E-state index in [9.17, 15) is 4.79 Å². The van der Waals surface area contributed by atoms with Gasteiger partial charge in [0, 0.05) is 12.5 Å².